The SMILES string of the molecule is O=C(C[C@@H]1CCCO1)NCC1(c2ccc3c(c2)OCCO3)CCCC1. The fourth-order valence-corrected chi connectivity index (χ4v) is 4.34. The maximum atomic E-state index is 12.3. The molecule has 3 aliphatic rings. The molecule has 1 aromatic carbocycles. The lowest BCUT2D eigenvalue weighted by Gasteiger charge is -2.31. The predicted molar refractivity (Wildman–Crippen MR) is 94.2 cm³/mol. The first-order valence-corrected chi connectivity index (χ1v) is 9.54. The van der Waals surface area contributed by atoms with E-state index in [1.165, 1.54) is 18.4 Å². The molecule has 25 heavy (non-hydrogen) atoms. The summed E-state index contributed by atoms with van der Waals surface area (Å²) in [5.41, 5.74) is 1.27. The van der Waals surface area contributed by atoms with Crippen LogP contribution >= 0.6 is 0 Å². The Labute approximate surface area is 149 Å². The van der Waals surface area contributed by atoms with Crippen molar-refractivity contribution in [2.75, 3.05) is 26.4 Å². The fraction of sp³-hybridized carbons (Fsp3) is 0.650. The number of carbonyl (C=O) groups is 1. The van der Waals surface area contributed by atoms with Gasteiger partial charge in [0.05, 0.1) is 12.5 Å². The van der Waals surface area contributed by atoms with E-state index in [-0.39, 0.29) is 17.4 Å². The van der Waals surface area contributed by atoms with Crippen molar-refractivity contribution < 1.29 is 19.0 Å². The van der Waals surface area contributed by atoms with E-state index in [2.05, 4.69) is 17.4 Å². The number of hydrogen-bond acceptors (Lipinski definition) is 4. The third-order valence-electron chi connectivity index (χ3n) is 5.78. The van der Waals surface area contributed by atoms with Crippen molar-refractivity contribution in [3.63, 3.8) is 0 Å². The molecule has 0 radical (unpaired) electrons. The van der Waals surface area contributed by atoms with Gasteiger partial charge in [0.15, 0.2) is 11.5 Å². The average Bonchev–Trinajstić information content (AvgIpc) is 3.32. The number of carbonyl (C=O) groups excluding carboxylic acids is 1. The second-order valence-electron chi connectivity index (χ2n) is 7.46. The second kappa shape index (κ2) is 7.24. The Balaban J connectivity index is 1.45. The van der Waals surface area contributed by atoms with Gasteiger partial charge in [0.1, 0.15) is 13.2 Å². The first kappa shape index (κ1) is 16.7. The zero-order valence-corrected chi connectivity index (χ0v) is 14.7. The maximum absolute atomic E-state index is 12.3. The van der Waals surface area contributed by atoms with E-state index in [9.17, 15) is 4.79 Å². The molecule has 0 spiro atoms. The summed E-state index contributed by atoms with van der Waals surface area (Å²) in [6, 6.07) is 6.27. The Hall–Kier alpha value is -1.75. The van der Waals surface area contributed by atoms with Gasteiger partial charge in [-0.2, -0.15) is 0 Å². The van der Waals surface area contributed by atoms with Gasteiger partial charge in [-0.05, 0) is 43.4 Å². The lowest BCUT2D eigenvalue weighted by atomic mass is 9.78. The second-order valence-corrected chi connectivity index (χ2v) is 7.46. The Kier molecular flexibility index (Phi) is 4.84. The minimum atomic E-state index is 0.0159. The molecule has 1 saturated heterocycles. The van der Waals surface area contributed by atoms with Gasteiger partial charge in [0.2, 0.25) is 5.91 Å². The minimum Gasteiger partial charge on any atom is -0.486 e. The van der Waals surface area contributed by atoms with E-state index in [1.807, 2.05) is 6.07 Å². The zero-order valence-electron chi connectivity index (χ0n) is 14.7. The van der Waals surface area contributed by atoms with Crippen LogP contribution in [0.4, 0.5) is 0 Å². The molecule has 2 fully saturated rings. The fourth-order valence-electron chi connectivity index (χ4n) is 4.34. The molecule has 1 amide bonds. The molecule has 1 aromatic rings. The molecule has 0 bridgehead atoms. The maximum Gasteiger partial charge on any atom is 0.222 e. The van der Waals surface area contributed by atoms with Gasteiger partial charge in [-0.3, -0.25) is 4.79 Å². The van der Waals surface area contributed by atoms with Crippen molar-refractivity contribution in [2.24, 2.45) is 0 Å². The van der Waals surface area contributed by atoms with Crippen LogP contribution in [0.25, 0.3) is 0 Å². The van der Waals surface area contributed by atoms with Gasteiger partial charge < -0.3 is 19.5 Å². The summed E-state index contributed by atoms with van der Waals surface area (Å²) in [5, 5.41) is 3.18. The highest BCUT2D eigenvalue weighted by atomic mass is 16.6. The van der Waals surface area contributed by atoms with Crippen molar-refractivity contribution in [1.29, 1.82) is 0 Å². The van der Waals surface area contributed by atoms with Crippen LogP contribution in [-0.4, -0.2) is 38.4 Å². The molecule has 1 atom stereocenters. The minimum absolute atomic E-state index is 0.0159. The van der Waals surface area contributed by atoms with E-state index in [0.717, 1.165) is 43.8 Å². The summed E-state index contributed by atoms with van der Waals surface area (Å²) in [6.07, 6.45) is 7.27. The van der Waals surface area contributed by atoms with Crippen molar-refractivity contribution in [2.45, 2.75) is 56.5 Å². The normalized spacial score (nSPS) is 24.2. The first-order chi connectivity index (χ1) is 12.3. The average molecular weight is 345 g/mol. The van der Waals surface area contributed by atoms with Crippen LogP contribution in [0.15, 0.2) is 18.2 Å². The number of benzene rings is 1. The summed E-state index contributed by atoms with van der Waals surface area (Å²) >= 11 is 0. The van der Waals surface area contributed by atoms with E-state index < -0.39 is 0 Å². The van der Waals surface area contributed by atoms with E-state index in [0.29, 0.717) is 26.2 Å². The molecule has 1 N–H and O–H groups in total. The topological polar surface area (TPSA) is 56.8 Å². The molecule has 4 rings (SSSR count). The molecule has 5 nitrogen and oxygen atoms in total. The van der Waals surface area contributed by atoms with Gasteiger partial charge in [-0.15, -0.1) is 0 Å². The molecule has 0 unspecified atom stereocenters. The Morgan fingerprint density at radius 1 is 1.08 bits per heavy atom. The van der Waals surface area contributed by atoms with Gasteiger partial charge in [-0.25, -0.2) is 0 Å². The molecule has 136 valence electrons. The van der Waals surface area contributed by atoms with Crippen molar-refractivity contribution in [1.82, 2.24) is 5.32 Å². The van der Waals surface area contributed by atoms with Gasteiger partial charge in [0, 0.05) is 18.6 Å². The van der Waals surface area contributed by atoms with E-state index in [4.69, 9.17) is 14.2 Å². The smallest absolute Gasteiger partial charge is 0.222 e. The quantitative estimate of drug-likeness (QED) is 0.891. The third kappa shape index (κ3) is 3.61. The van der Waals surface area contributed by atoms with Gasteiger partial charge in [0.25, 0.3) is 0 Å². The highest BCUT2D eigenvalue weighted by Crippen LogP contribution is 2.43. The number of ether oxygens (including phenoxy) is 3. The first-order valence-electron chi connectivity index (χ1n) is 9.54. The van der Waals surface area contributed by atoms with Crippen LogP contribution in [0.5, 0.6) is 11.5 Å². The molecular formula is C20H27NO4. The zero-order chi connectivity index (χ0) is 17.1. The molecule has 2 heterocycles. The van der Waals surface area contributed by atoms with Crippen LogP contribution in [-0.2, 0) is 14.9 Å². The van der Waals surface area contributed by atoms with Crippen molar-refractivity contribution in [3.8, 4) is 11.5 Å². The van der Waals surface area contributed by atoms with Crippen LogP contribution in [0, 0.1) is 0 Å². The largest absolute Gasteiger partial charge is 0.486 e. The van der Waals surface area contributed by atoms with Crippen LogP contribution in [0.3, 0.4) is 0 Å². The Bertz CT molecular complexity index is 618. The highest BCUT2D eigenvalue weighted by Gasteiger charge is 2.37. The molecule has 2 aliphatic heterocycles. The molecule has 0 aromatic heterocycles. The number of amides is 1. The number of hydrogen-bond donors (Lipinski definition) is 1. The van der Waals surface area contributed by atoms with E-state index >= 15 is 0 Å². The lowest BCUT2D eigenvalue weighted by Crippen LogP contribution is -2.40. The van der Waals surface area contributed by atoms with E-state index in [1.54, 1.807) is 0 Å². The molecular weight excluding hydrogens is 318 g/mol. The lowest BCUT2D eigenvalue weighted by molar-refractivity contribution is -0.123. The van der Waals surface area contributed by atoms with Gasteiger partial charge >= 0.3 is 0 Å². The summed E-state index contributed by atoms with van der Waals surface area (Å²) in [7, 11) is 0. The monoisotopic (exact) mass is 345 g/mol. The predicted octanol–water partition coefficient (Wildman–Crippen LogP) is 2.95. The van der Waals surface area contributed by atoms with Crippen molar-refractivity contribution >= 4 is 5.91 Å². The number of rotatable bonds is 5. The standard InChI is InChI=1S/C20H27NO4/c22-19(13-16-4-3-9-23-16)21-14-20(7-1-2-8-20)15-5-6-17-18(12-15)25-11-10-24-17/h5-6,12,16H,1-4,7-11,13-14H2,(H,21,22)/t16-/m0/s1. The number of nitrogens with one attached hydrogen (secondary N) is 1. The summed E-state index contributed by atoms with van der Waals surface area (Å²) in [6.45, 7) is 2.69. The third-order valence-corrected chi connectivity index (χ3v) is 5.78. The van der Waals surface area contributed by atoms with Gasteiger partial charge in [-0.1, -0.05) is 18.9 Å². The molecule has 1 aliphatic carbocycles. The van der Waals surface area contributed by atoms with Crippen LogP contribution < -0.4 is 14.8 Å². The summed E-state index contributed by atoms with van der Waals surface area (Å²) in [4.78, 5) is 12.3. The van der Waals surface area contributed by atoms with Crippen molar-refractivity contribution in [3.05, 3.63) is 23.8 Å². The van der Waals surface area contributed by atoms with Crippen LogP contribution in [0.1, 0.15) is 50.5 Å². The Morgan fingerprint density at radius 2 is 1.88 bits per heavy atom. The summed E-state index contributed by atoms with van der Waals surface area (Å²) in [5.74, 6) is 1.77. The molecule has 5 heteroatoms. The summed E-state index contributed by atoms with van der Waals surface area (Å²) < 4.78 is 17.0. The number of fused-ring (bicyclic) bond motifs is 1. The molecule has 1 saturated carbocycles. The Morgan fingerprint density at radius 3 is 2.64 bits per heavy atom. The highest BCUT2D eigenvalue weighted by molar-refractivity contribution is 5.76. The van der Waals surface area contributed by atoms with Crippen LogP contribution in [0.2, 0.25) is 0 Å².